The van der Waals surface area contributed by atoms with Gasteiger partial charge in [0, 0.05) is 44.6 Å². The number of piperazine rings is 1. The van der Waals surface area contributed by atoms with Crippen molar-refractivity contribution in [1.29, 1.82) is 0 Å². The van der Waals surface area contributed by atoms with Crippen LogP contribution in [0.4, 0.5) is 17.5 Å². The second-order valence-electron chi connectivity index (χ2n) is 5.93. The van der Waals surface area contributed by atoms with Gasteiger partial charge in [-0.2, -0.15) is 4.98 Å². The molecule has 0 atom stereocenters. The number of aromatic nitrogens is 2. The lowest BCUT2D eigenvalue weighted by Gasteiger charge is -2.33. The predicted octanol–water partition coefficient (Wildman–Crippen LogP) is 2.22. The summed E-state index contributed by atoms with van der Waals surface area (Å²) in [7, 11) is 0. The zero-order chi connectivity index (χ0) is 16.9. The fraction of sp³-hybridized carbons (Fsp3) is 0.389. The summed E-state index contributed by atoms with van der Waals surface area (Å²) in [4.78, 5) is 26.2. The number of benzene rings is 1. The highest BCUT2D eigenvalue weighted by Gasteiger charge is 2.18. The number of amides is 1. The molecular formula is C18H23N5O. The lowest BCUT2D eigenvalue weighted by atomic mass is 10.2. The lowest BCUT2D eigenvalue weighted by molar-refractivity contribution is -0.118. The number of anilines is 3. The van der Waals surface area contributed by atoms with Crippen LogP contribution in [0.3, 0.4) is 0 Å². The van der Waals surface area contributed by atoms with Gasteiger partial charge in [-0.05, 0) is 37.6 Å². The van der Waals surface area contributed by atoms with Crippen molar-refractivity contribution in [2.75, 3.05) is 42.5 Å². The average Bonchev–Trinajstić information content (AvgIpc) is 2.63. The molecule has 0 saturated carbocycles. The first kappa shape index (κ1) is 16.2. The standard InChI is InChI=1S/C18H23N5O/c1-3-23(16-6-4-5-15(2)13-16)18-19-8-7-17(20-18)22-11-9-21(14-24)10-12-22/h4-8,13-14H,3,9-12H2,1-2H3. The van der Waals surface area contributed by atoms with Crippen molar-refractivity contribution in [3.63, 3.8) is 0 Å². The molecule has 6 nitrogen and oxygen atoms in total. The highest BCUT2D eigenvalue weighted by molar-refractivity contribution is 5.59. The van der Waals surface area contributed by atoms with Crippen LogP contribution in [-0.2, 0) is 4.79 Å². The summed E-state index contributed by atoms with van der Waals surface area (Å²) in [6.07, 6.45) is 2.72. The van der Waals surface area contributed by atoms with Gasteiger partial charge in [0.05, 0.1) is 0 Å². The number of nitrogens with zero attached hydrogens (tertiary/aromatic N) is 5. The molecule has 24 heavy (non-hydrogen) atoms. The zero-order valence-electron chi connectivity index (χ0n) is 14.2. The first-order valence-corrected chi connectivity index (χ1v) is 8.33. The van der Waals surface area contributed by atoms with Crippen molar-refractivity contribution in [3.8, 4) is 0 Å². The van der Waals surface area contributed by atoms with E-state index in [0.717, 1.165) is 50.6 Å². The van der Waals surface area contributed by atoms with Crippen molar-refractivity contribution in [1.82, 2.24) is 14.9 Å². The van der Waals surface area contributed by atoms with Crippen LogP contribution in [-0.4, -0.2) is 54.0 Å². The molecule has 0 bridgehead atoms. The van der Waals surface area contributed by atoms with Crippen molar-refractivity contribution < 1.29 is 4.79 Å². The van der Waals surface area contributed by atoms with Gasteiger partial charge < -0.3 is 14.7 Å². The van der Waals surface area contributed by atoms with Crippen molar-refractivity contribution in [2.45, 2.75) is 13.8 Å². The summed E-state index contributed by atoms with van der Waals surface area (Å²) in [5.74, 6) is 1.62. The van der Waals surface area contributed by atoms with E-state index in [9.17, 15) is 4.79 Å². The number of hydrogen-bond acceptors (Lipinski definition) is 5. The first-order chi connectivity index (χ1) is 11.7. The molecule has 1 aliphatic rings. The molecule has 0 aliphatic carbocycles. The second-order valence-corrected chi connectivity index (χ2v) is 5.93. The molecule has 3 rings (SSSR count). The van der Waals surface area contributed by atoms with Gasteiger partial charge in [0.2, 0.25) is 12.4 Å². The fourth-order valence-electron chi connectivity index (χ4n) is 2.94. The highest BCUT2D eigenvalue weighted by atomic mass is 16.1. The van der Waals surface area contributed by atoms with E-state index in [0.29, 0.717) is 5.95 Å². The van der Waals surface area contributed by atoms with Crippen LogP contribution in [0.2, 0.25) is 0 Å². The molecule has 0 radical (unpaired) electrons. The van der Waals surface area contributed by atoms with Crippen LogP contribution in [0.1, 0.15) is 12.5 Å². The van der Waals surface area contributed by atoms with Gasteiger partial charge in [-0.25, -0.2) is 4.98 Å². The number of carbonyl (C=O) groups is 1. The van der Waals surface area contributed by atoms with E-state index in [1.54, 1.807) is 4.90 Å². The summed E-state index contributed by atoms with van der Waals surface area (Å²) in [6.45, 7) is 8.04. The van der Waals surface area contributed by atoms with Crippen LogP contribution in [0.15, 0.2) is 36.5 Å². The van der Waals surface area contributed by atoms with Gasteiger partial charge in [-0.15, -0.1) is 0 Å². The summed E-state index contributed by atoms with van der Waals surface area (Å²) in [5.41, 5.74) is 2.31. The Morgan fingerprint density at radius 3 is 2.67 bits per heavy atom. The molecule has 6 heteroatoms. The average molecular weight is 325 g/mol. The summed E-state index contributed by atoms with van der Waals surface area (Å²) < 4.78 is 0. The SMILES string of the molecule is CCN(c1cccc(C)c1)c1nccc(N2CCN(C=O)CC2)n1. The predicted molar refractivity (Wildman–Crippen MR) is 95.7 cm³/mol. The molecule has 1 amide bonds. The monoisotopic (exact) mass is 325 g/mol. The number of carbonyl (C=O) groups excluding carboxylic acids is 1. The maximum atomic E-state index is 10.8. The van der Waals surface area contributed by atoms with E-state index >= 15 is 0 Å². The Morgan fingerprint density at radius 1 is 1.21 bits per heavy atom. The largest absolute Gasteiger partial charge is 0.353 e. The topological polar surface area (TPSA) is 52.6 Å². The van der Waals surface area contributed by atoms with Gasteiger partial charge in [0.1, 0.15) is 5.82 Å². The third kappa shape index (κ3) is 3.48. The summed E-state index contributed by atoms with van der Waals surface area (Å²) in [6, 6.07) is 10.3. The van der Waals surface area contributed by atoms with E-state index < -0.39 is 0 Å². The van der Waals surface area contributed by atoms with E-state index in [1.165, 1.54) is 5.56 Å². The van der Waals surface area contributed by atoms with Crippen LogP contribution in [0.25, 0.3) is 0 Å². The van der Waals surface area contributed by atoms with Crippen LogP contribution in [0.5, 0.6) is 0 Å². The minimum atomic E-state index is 0.707. The highest BCUT2D eigenvalue weighted by Crippen LogP contribution is 2.24. The van der Waals surface area contributed by atoms with Gasteiger partial charge in [-0.1, -0.05) is 12.1 Å². The Balaban J connectivity index is 1.82. The quantitative estimate of drug-likeness (QED) is 0.789. The van der Waals surface area contributed by atoms with E-state index in [4.69, 9.17) is 4.98 Å². The Kier molecular flexibility index (Phi) is 4.93. The Bertz CT molecular complexity index is 697. The maximum Gasteiger partial charge on any atom is 0.231 e. The smallest absolute Gasteiger partial charge is 0.231 e. The summed E-state index contributed by atoms with van der Waals surface area (Å²) in [5, 5.41) is 0. The van der Waals surface area contributed by atoms with E-state index in [-0.39, 0.29) is 0 Å². The molecule has 0 spiro atoms. The molecule has 1 aromatic heterocycles. The Hall–Kier alpha value is -2.63. The molecule has 1 aliphatic heterocycles. The molecule has 0 N–H and O–H groups in total. The van der Waals surface area contributed by atoms with Gasteiger partial charge in [0.25, 0.3) is 0 Å². The van der Waals surface area contributed by atoms with Gasteiger partial charge in [0.15, 0.2) is 0 Å². The first-order valence-electron chi connectivity index (χ1n) is 8.33. The van der Waals surface area contributed by atoms with Gasteiger partial charge >= 0.3 is 0 Å². The molecular weight excluding hydrogens is 302 g/mol. The lowest BCUT2D eigenvalue weighted by Crippen LogP contribution is -2.46. The fourth-order valence-corrected chi connectivity index (χ4v) is 2.94. The number of aryl methyl sites for hydroxylation is 1. The molecule has 0 unspecified atom stereocenters. The van der Waals surface area contributed by atoms with Crippen LogP contribution < -0.4 is 9.80 Å². The molecule has 1 aromatic carbocycles. The molecule has 2 heterocycles. The molecule has 1 fully saturated rings. The van der Waals surface area contributed by atoms with E-state index in [2.05, 4.69) is 52.9 Å². The molecule has 2 aromatic rings. The Labute approximate surface area is 142 Å². The molecule has 1 saturated heterocycles. The zero-order valence-corrected chi connectivity index (χ0v) is 14.2. The number of rotatable bonds is 5. The molecule has 126 valence electrons. The van der Waals surface area contributed by atoms with Crippen molar-refractivity contribution >= 4 is 23.9 Å². The maximum absolute atomic E-state index is 10.8. The van der Waals surface area contributed by atoms with E-state index in [1.807, 2.05) is 12.3 Å². The second kappa shape index (κ2) is 7.29. The minimum Gasteiger partial charge on any atom is -0.353 e. The summed E-state index contributed by atoms with van der Waals surface area (Å²) >= 11 is 0. The Morgan fingerprint density at radius 2 is 2.00 bits per heavy atom. The minimum absolute atomic E-state index is 0.707. The third-order valence-electron chi connectivity index (χ3n) is 4.29. The van der Waals surface area contributed by atoms with Gasteiger partial charge in [-0.3, -0.25) is 4.79 Å². The third-order valence-corrected chi connectivity index (χ3v) is 4.29. The van der Waals surface area contributed by atoms with Crippen LogP contribution in [0, 0.1) is 6.92 Å². The van der Waals surface area contributed by atoms with Crippen molar-refractivity contribution in [2.24, 2.45) is 0 Å². The number of hydrogen-bond donors (Lipinski definition) is 0. The van der Waals surface area contributed by atoms with Crippen LogP contribution >= 0.6 is 0 Å². The van der Waals surface area contributed by atoms with Crippen molar-refractivity contribution in [3.05, 3.63) is 42.1 Å². The normalized spacial score (nSPS) is 14.6.